The van der Waals surface area contributed by atoms with Gasteiger partial charge in [0.1, 0.15) is 0 Å². The predicted molar refractivity (Wildman–Crippen MR) is 88.7 cm³/mol. The summed E-state index contributed by atoms with van der Waals surface area (Å²) in [5, 5.41) is 0. The van der Waals surface area contributed by atoms with Crippen molar-refractivity contribution in [2.45, 2.75) is 25.3 Å². The molecule has 3 aliphatic rings. The zero-order valence-corrected chi connectivity index (χ0v) is 13.9. The van der Waals surface area contributed by atoms with Crippen molar-refractivity contribution in [3.63, 3.8) is 0 Å². The van der Waals surface area contributed by atoms with E-state index in [4.69, 9.17) is 0 Å². The summed E-state index contributed by atoms with van der Waals surface area (Å²) < 4.78 is 0. The zero-order valence-electron chi connectivity index (χ0n) is 13.9. The lowest BCUT2D eigenvalue weighted by atomic mass is 10.0. The fraction of sp³-hybridized carbons (Fsp3) is 0.882. The van der Waals surface area contributed by atoms with Crippen LogP contribution in [0.5, 0.6) is 0 Å². The predicted octanol–water partition coefficient (Wildman–Crippen LogP) is 0.960. The molecule has 3 aliphatic heterocycles. The molecule has 3 saturated heterocycles. The van der Waals surface area contributed by atoms with Crippen LogP contribution < -0.4 is 0 Å². The Morgan fingerprint density at radius 3 is 2.19 bits per heavy atom. The smallest absolute Gasteiger partial charge is 0.0206 e. The Bertz CT molecular complexity index is 344. The molecular weight excluding hydrogens is 260 g/mol. The second-order valence-corrected chi connectivity index (χ2v) is 7.24. The molecule has 0 atom stereocenters. The van der Waals surface area contributed by atoms with E-state index in [1.54, 1.807) is 5.57 Å². The molecule has 0 unspecified atom stereocenters. The van der Waals surface area contributed by atoms with Crippen molar-refractivity contribution in [2.24, 2.45) is 0 Å². The summed E-state index contributed by atoms with van der Waals surface area (Å²) in [5.74, 6) is 0. The van der Waals surface area contributed by atoms with Gasteiger partial charge < -0.3 is 9.80 Å². The van der Waals surface area contributed by atoms with Crippen LogP contribution in [0.1, 0.15) is 19.3 Å². The number of nitrogens with zero attached hydrogens (tertiary/aromatic N) is 4. The molecule has 0 bridgehead atoms. The summed E-state index contributed by atoms with van der Waals surface area (Å²) in [6, 6.07) is 0.857. The van der Waals surface area contributed by atoms with Gasteiger partial charge in [-0.25, -0.2) is 0 Å². The molecule has 0 N–H and O–H groups in total. The minimum Gasteiger partial charge on any atom is -0.306 e. The molecule has 0 aliphatic carbocycles. The highest BCUT2D eigenvalue weighted by Gasteiger charge is 2.26. The Morgan fingerprint density at radius 2 is 1.57 bits per heavy atom. The zero-order chi connectivity index (χ0) is 14.7. The molecule has 0 spiro atoms. The Balaban J connectivity index is 1.32. The van der Waals surface area contributed by atoms with Gasteiger partial charge in [0, 0.05) is 51.9 Å². The molecule has 4 nitrogen and oxygen atoms in total. The van der Waals surface area contributed by atoms with Crippen molar-refractivity contribution in [1.82, 2.24) is 19.6 Å². The Labute approximate surface area is 130 Å². The topological polar surface area (TPSA) is 13.0 Å². The first-order valence-electron chi connectivity index (χ1n) is 8.72. The van der Waals surface area contributed by atoms with Crippen LogP contribution in [-0.2, 0) is 0 Å². The number of piperazine rings is 1. The summed E-state index contributed by atoms with van der Waals surface area (Å²) in [4.78, 5) is 10.2. The molecule has 4 heteroatoms. The van der Waals surface area contributed by atoms with Gasteiger partial charge in [0.2, 0.25) is 0 Å². The minimum atomic E-state index is 0.857. The van der Waals surface area contributed by atoms with Gasteiger partial charge in [0.05, 0.1) is 0 Å². The highest BCUT2D eigenvalue weighted by atomic mass is 15.3. The third-order valence-corrected chi connectivity index (χ3v) is 5.44. The van der Waals surface area contributed by atoms with Crippen LogP contribution in [0.4, 0.5) is 0 Å². The van der Waals surface area contributed by atoms with Crippen molar-refractivity contribution in [3.8, 4) is 0 Å². The van der Waals surface area contributed by atoms with Crippen molar-refractivity contribution in [2.75, 3.05) is 73.0 Å². The van der Waals surface area contributed by atoms with Gasteiger partial charge in [-0.3, -0.25) is 9.80 Å². The summed E-state index contributed by atoms with van der Waals surface area (Å²) in [6.07, 6.45) is 6.47. The quantitative estimate of drug-likeness (QED) is 0.716. The lowest BCUT2D eigenvalue weighted by Gasteiger charge is -2.42. The molecule has 3 heterocycles. The number of rotatable bonds is 4. The van der Waals surface area contributed by atoms with Crippen molar-refractivity contribution in [1.29, 1.82) is 0 Å². The lowest BCUT2D eigenvalue weighted by Crippen LogP contribution is -2.52. The van der Waals surface area contributed by atoms with Gasteiger partial charge >= 0.3 is 0 Å². The van der Waals surface area contributed by atoms with Crippen molar-refractivity contribution >= 4 is 0 Å². The van der Waals surface area contributed by atoms with Crippen LogP contribution in [0, 0.1) is 0 Å². The van der Waals surface area contributed by atoms with Crippen molar-refractivity contribution < 1.29 is 0 Å². The van der Waals surface area contributed by atoms with Crippen molar-refractivity contribution in [3.05, 3.63) is 11.6 Å². The third kappa shape index (κ3) is 4.28. The van der Waals surface area contributed by atoms with Crippen LogP contribution in [-0.4, -0.2) is 98.6 Å². The maximum atomic E-state index is 2.75. The number of likely N-dealkylation sites (N-methyl/N-ethyl adjacent to an activating group) is 1. The molecule has 0 aromatic carbocycles. The van der Waals surface area contributed by atoms with E-state index in [0.29, 0.717) is 0 Å². The van der Waals surface area contributed by atoms with Gasteiger partial charge in [-0.1, -0.05) is 6.08 Å². The largest absolute Gasteiger partial charge is 0.306 e. The van der Waals surface area contributed by atoms with E-state index in [1.807, 2.05) is 0 Å². The Hall–Kier alpha value is -0.420. The first-order chi connectivity index (χ1) is 10.2. The van der Waals surface area contributed by atoms with Gasteiger partial charge in [0.15, 0.2) is 0 Å². The maximum absolute atomic E-state index is 2.75. The molecule has 0 amide bonds. The van der Waals surface area contributed by atoms with Crippen LogP contribution in [0.3, 0.4) is 0 Å². The average molecular weight is 292 g/mol. The first-order valence-corrected chi connectivity index (χ1v) is 8.72. The third-order valence-electron chi connectivity index (χ3n) is 5.44. The molecule has 0 radical (unpaired) electrons. The molecular formula is C17H32N4. The molecule has 0 saturated carbocycles. The first kappa shape index (κ1) is 15.5. The van der Waals surface area contributed by atoms with Crippen LogP contribution in [0.15, 0.2) is 11.6 Å². The van der Waals surface area contributed by atoms with E-state index in [-0.39, 0.29) is 0 Å². The summed E-state index contributed by atoms with van der Waals surface area (Å²) >= 11 is 0. The average Bonchev–Trinajstić information content (AvgIpc) is 2.47. The fourth-order valence-electron chi connectivity index (χ4n) is 3.94. The van der Waals surface area contributed by atoms with Crippen LogP contribution >= 0.6 is 0 Å². The van der Waals surface area contributed by atoms with Crippen LogP contribution in [0.2, 0.25) is 0 Å². The van der Waals surface area contributed by atoms with E-state index >= 15 is 0 Å². The number of piperidine rings is 1. The fourth-order valence-corrected chi connectivity index (χ4v) is 3.94. The lowest BCUT2D eigenvalue weighted by molar-refractivity contribution is 0.0653. The van der Waals surface area contributed by atoms with Gasteiger partial charge in [0.25, 0.3) is 0 Å². The van der Waals surface area contributed by atoms with E-state index < -0.39 is 0 Å². The summed E-state index contributed by atoms with van der Waals surface area (Å²) in [7, 11) is 4.45. The van der Waals surface area contributed by atoms with Crippen LogP contribution in [0.25, 0.3) is 0 Å². The SMILES string of the molecule is CN1CCC(N2CCN(CCC=C3CN(C)C3)CC2)CC1. The molecule has 3 rings (SSSR count). The maximum Gasteiger partial charge on any atom is 0.0206 e. The highest BCUT2D eigenvalue weighted by Crippen LogP contribution is 2.18. The standard InChI is InChI=1S/C17H32N4/c1-18-8-5-17(6-9-18)21-12-10-20(11-13-21)7-3-4-16-14-19(2)15-16/h4,17H,3,5-15H2,1-2H3. The number of hydrogen-bond donors (Lipinski definition) is 0. The van der Waals surface area contributed by atoms with Gasteiger partial charge in [-0.05, 0) is 52.0 Å². The summed E-state index contributed by atoms with van der Waals surface area (Å²) in [6.45, 7) is 11.3. The molecule has 120 valence electrons. The number of likely N-dealkylation sites (tertiary alicyclic amines) is 2. The second-order valence-electron chi connectivity index (χ2n) is 7.24. The minimum absolute atomic E-state index is 0.857. The molecule has 21 heavy (non-hydrogen) atoms. The summed E-state index contributed by atoms with van der Waals surface area (Å²) in [5.41, 5.74) is 1.64. The van der Waals surface area contributed by atoms with E-state index in [1.165, 1.54) is 78.2 Å². The highest BCUT2D eigenvalue weighted by molar-refractivity contribution is 5.14. The second kappa shape index (κ2) is 7.23. The Morgan fingerprint density at radius 1 is 0.905 bits per heavy atom. The van der Waals surface area contributed by atoms with E-state index in [0.717, 1.165) is 6.04 Å². The number of hydrogen-bond acceptors (Lipinski definition) is 4. The Kier molecular flexibility index (Phi) is 5.33. The monoisotopic (exact) mass is 292 g/mol. The van der Waals surface area contributed by atoms with Gasteiger partial charge in [-0.2, -0.15) is 0 Å². The normalized spacial score (nSPS) is 27.8. The van der Waals surface area contributed by atoms with E-state index in [2.05, 4.69) is 39.8 Å². The van der Waals surface area contributed by atoms with E-state index in [9.17, 15) is 0 Å². The van der Waals surface area contributed by atoms with Gasteiger partial charge in [-0.15, -0.1) is 0 Å². The molecule has 0 aromatic rings. The molecule has 3 fully saturated rings. The molecule has 0 aromatic heterocycles.